The Kier molecular flexibility index (Phi) is 8.12. The number of carbonyl (C=O) groups excluding carboxylic acids is 1. The standard InChI is InChI=1S/C12H18N2O7S2/c1-9-6-12(23(18,19)5-3-16)10(14-13-8-17)7-11(9)20-21-22-4-2-15/h6-8,14-16H,2-5H2,1H3,(H,13,17). The molecule has 9 nitrogen and oxygen atoms in total. The quantitative estimate of drug-likeness (QED) is 0.138. The molecule has 4 N–H and O–H groups in total. The van der Waals surface area contributed by atoms with Gasteiger partial charge >= 0.3 is 0 Å². The fraction of sp³-hybridized carbons (Fsp3) is 0.417. The van der Waals surface area contributed by atoms with Crippen molar-refractivity contribution in [1.82, 2.24) is 5.43 Å². The summed E-state index contributed by atoms with van der Waals surface area (Å²) in [5.41, 5.74) is 5.13. The Morgan fingerprint density at radius 2 is 2.04 bits per heavy atom. The molecule has 0 radical (unpaired) electrons. The minimum Gasteiger partial charge on any atom is -0.395 e. The third kappa shape index (κ3) is 5.88. The molecule has 0 fully saturated rings. The molecular formula is C12H18N2O7S2. The lowest BCUT2D eigenvalue weighted by atomic mass is 10.2. The van der Waals surface area contributed by atoms with Gasteiger partial charge in [-0.1, -0.05) is 0 Å². The van der Waals surface area contributed by atoms with Gasteiger partial charge in [-0.05, 0) is 18.6 Å². The minimum absolute atomic E-state index is 0.0712. The van der Waals surface area contributed by atoms with Gasteiger partial charge < -0.3 is 15.1 Å². The minimum atomic E-state index is -3.74. The topological polar surface area (TPSA) is 134 Å². The zero-order chi connectivity index (χ0) is 17.3. The first-order valence-electron chi connectivity index (χ1n) is 6.46. The van der Waals surface area contributed by atoms with Gasteiger partial charge in [0.05, 0.1) is 29.5 Å². The van der Waals surface area contributed by atoms with Gasteiger partial charge in [-0.3, -0.25) is 15.6 Å². The first kappa shape index (κ1) is 19.5. The van der Waals surface area contributed by atoms with Crippen LogP contribution in [0.3, 0.4) is 0 Å². The molecule has 130 valence electrons. The second kappa shape index (κ2) is 9.57. The maximum atomic E-state index is 12.2. The van der Waals surface area contributed by atoms with Crippen LogP contribution in [0.2, 0.25) is 0 Å². The molecule has 0 aliphatic carbocycles. The summed E-state index contributed by atoms with van der Waals surface area (Å²) in [7, 11) is -3.74. The predicted molar refractivity (Wildman–Crippen MR) is 84.4 cm³/mol. The zero-order valence-electron chi connectivity index (χ0n) is 12.3. The number of hydrogen-bond donors (Lipinski definition) is 4. The number of aliphatic hydroxyl groups is 2. The van der Waals surface area contributed by atoms with Gasteiger partial charge in [0.15, 0.2) is 15.6 Å². The van der Waals surface area contributed by atoms with Crippen LogP contribution >= 0.6 is 12.0 Å². The van der Waals surface area contributed by atoms with E-state index < -0.39 is 22.2 Å². The van der Waals surface area contributed by atoms with Gasteiger partial charge in [0.1, 0.15) is 0 Å². The molecule has 1 rings (SSSR count). The largest absolute Gasteiger partial charge is 0.395 e. The van der Waals surface area contributed by atoms with Crippen molar-refractivity contribution in [3.63, 3.8) is 0 Å². The summed E-state index contributed by atoms with van der Waals surface area (Å²) in [4.78, 5) is 15.4. The number of carbonyl (C=O) groups is 1. The van der Waals surface area contributed by atoms with E-state index in [1.165, 1.54) is 12.1 Å². The van der Waals surface area contributed by atoms with E-state index in [0.717, 1.165) is 12.0 Å². The highest BCUT2D eigenvalue weighted by atomic mass is 32.2. The SMILES string of the molecule is Cc1cc(S(=O)(=O)CCO)c(NNC=O)cc1OOSCCO. The molecule has 11 heteroatoms. The lowest BCUT2D eigenvalue weighted by Gasteiger charge is -2.15. The van der Waals surface area contributed by atoms with Crippen LogP contribution in [0.4, 0.5) is 5.69 Å². The average Bonchev–Trinajstić information content (AvgIpc) is 2.51. The van der Waals surface area contributed by atoms with Gasteiger partial charge in [0, 0.05) is 23.9 Å². The first-order chi connectivity index (χ1) is 11.0. The molecule has 0 spiro atoms. The van der Waals surface area contributed by atoms with Crippen LogP contribution in [0.15, 0.2) is 17.0 Å². The Morgan fingerprint density at radius 3 is 2.65 bits per heavy atom. The Bertz CT molecular complexity index is 622. The van der Waals surface area contributed by atoms with Gasteiger partial charge in [0.2, 0.25) is 6.41 Å². The van der Waals surface area contributed by atoms with Crippen LogP contribution in [-0.4, -0.2) is 49.8 Å². The predicted octanol–water partition coefficient (Wildman–Crippen LogP) is -0.215. The maximum Gasteiger partial charge on any atom is 0.225 e. The van der Waals surface area contributed by atoms with Crippen molar-refractivity contribution >= 4 is 34.0 Å². The lowest BCUT2D eigenvalue weighted by Crippen LogP contribution is -2.22. The van der Waals surface area contributed by atoms with Gasteiger partial charge in [-0.25, -0.2) is 8.42 Å². The highest BCUT2D eigenvalue weighted by Crippen LogP contribution is 2.31. The smallest absolute Gasteiger partial charge is 0.225 e. The normalized spacial score (nSPS) is 11.1. The number of aliphatic hydroxyl groups excluding tert-OH is 2. The number of anilines is 1. The molecule has 1 amide bonds. The number of aryl methyl sites for hydroxylation is 1. The molecule has 0 aliphatic rings. The van der Waals surface area contributed by atoms with Gasteiger partial charge in [0.25, 0.3) is 0 Å². The average molecular weight is 366 g/mol. The van der Waals surface area contributed by atoms with E-state index in [1.807, 2.05) is 0 Å². The third-order valence-electron chi connectivity index (χ3n) is 2.58. The fourth-order valence-electron chi connectivity index (χ4n) is 1.58. The van der Waals surface area contributed by atoms with Crippen LogP contribution in [-0.2, 0) is 19.0 Å². The van der Waals surface area contributed by atoms with Crippen molar-refractivity contribution in [1.29, 1.82) is 0 Å². The van der Waals surface area contributed by atoms with E-state index in [1.54, 1.807) is 6.92 Å². The van der Waals surface area contributed by atoms with Crippen LogP contribution in [0, 0.1) is 6.92 Å². The molecule has 0 aromatic heterocycles. The van der Waals surface area contributed by atoms with Crippen LogP contribution in [0.1, 0.15) is 5.56 Å². The lowest BCUT2D eigenvalue weighted by molar-refractivity contribution is -0.109. The zero-order valence-corrected chi connectivity index (χ0v) is 13.9. The molecule has 0 atom stereocenters. The van der Waals surface area contributed by atoms with Crippen LogP contribution in [0.25, 0.3) is 0 Å². The van der Waals surface area contributed by atoms with Gasteiger partial charge in [-0.2, -0.15) is 0 Å². The number of benzene rings is 1. The summed E-state index contributed by atoms with van der Waals surface area (Å²) < 4.78 is 29.1. The molecule has 0 unspecified atom stereocenters. The molecule has 1 aromatic carbocycles. The number of nitrogens with one attached hydrogen (secondary N) is 2. The second-order valence-corrected chi connectivity index (χ2v) is 7.10. The Labute approximate surface area is 138 Å². The van der Waals surface area contributed by atoms with Crippen molar-refractivity contribution < 1.29 is 32.6 Å². The molecule has 0 saturated carbocycles. The molecule has 1 aromatic rings. The molecule has 0 saturated heterocycles. The van der Waals surface area contributed by atoms with E-state index in [-0.39, 0.29) is 22.9 Å². The number of sulfone groups is 1. The number of hydrazine groups is 1. The second-order valence-electron chi connectivity index (χ2n) is 4.24. The summed E-state index contributed by atoms with van der Waals surface area (Å²) in [6, 6.07) is 2.69. The highest BCUT2D eigenvalue weighted by molar-refractivity contribution is 7.94. The monoisotopic (exact) mass is 366 g/mol. The number of hydrogen-bond acceptors (Lipinski definition) is 9. The molecule has 23 heavy (non-hydrogen) atoms. The van der Waals surface area contributed by atoms with Crippen molar-refractivity contribution in [2.24, 2.45) is 0 Å². The van der Waals surface area contributed by atoms with Crippen LogP contribution in [0.5, 0.6) is 5.75 Å². The van der Waals surface area contributed by atoms with Crippen molar-refractivity contribution in [3.05, 3.63) is 17.7 Å². The Morgan fingerprint density at radius 1 is 1.30 bits per heavy atom. The van der Waals surface area contributed by atoms with Crippen molar-refractivity contribution in [2.45, 2.75) is 11.8 Å². The summed E-state index contributed by atoms with van der Waals surface area (Å²) >= 11 is 0.883. The van der Waals surface area contributed by atoms with Crippen molar-refractivity contribution in [3.8, 4) is 5.75 Å². The van der Waals surface area contributed by atoms with E-state index in [9.17, 15) is 13.2 Å². The van der Waals surface area contributed by atoms with E-state index >= 15 is 0 Å². The number of rotatable bonds is 11. The van der Waals surface area contributed by atoms with Crippen LogP contribution < -0.4 is 15.7 Å². The number of amides is 1. The van der Waals surface area contributed by atoms with E-state index in [2.05, 4.69) is 10.9 Å². The summed E-state index contributed by atoms with van der Waals surface area (Å²) in [5.74, 6) is 0.0824. The van der Waals surface area contributed by atoms with E-state index in [4.69, 9.17) is 19.4 Å². The Balaban J connectivity index is 3.11. The summed E-state index contributed by atoms with van der Waals surface area (Å²) in [6.07, 6.45) is 0.344. The molecule has 0 bridgehead atoms. The fourth-order valence-corrected chi connectivity index (χ4v) is 3.10. The van der Waals surface area contributed by atoms with E-state index in [0.29, 0.717) is 17.7 Å². The maximum absolute atomic E-state index is 12.2. The molecule has 0 heterocycles. The Hall–Kier alpha value is -1.53. The van der Waals surface area contributed by atoms with Crippen molar-refractivity contribution in [2.75, 3.05) is 30.1 Å². The summed E-state index contributed by atoms with van der Waals surface area (Å²) in [6.45, 7) is 1.01. The molecular weight excluding hydrogens is 348 g/mol. The highest BCUT2D eigenvalue weighted by Gasteiger charge is 2.21. The van der Waals surface area contributed by atoms with Gasteiger partial charge in [-0.15, -0.1) is 4.33 Å². The summed E-state index contributed by atoms with van der Waals surface area (Å²) in [5, 5.41) is 17.5. The first-order valence-corrected chi connectivity index (χ1v) is 9.03. The molecule has 0 aliphatic heterocycles. The third-order valence-corrected chi connectivity index (χ3v) is 4.83.